The fourth-order valence-electron chi connectivity index (χ4n) is 3.62. The first-order chi connectivity index (χ1) is 14.8. The Morgan fingerprint density at radius 1 is 1.03 bits per heavy atom. The number of carbonyl (C=O) groups is 3. The molecule has 0 aliphatic carbocycles. The van der Waals surface area contributed by atoms with Crippen LogP contribution in [0.1, 0.15) is 43.1 Å². The van der Waals surface area contributed by atoms with E-state index in [0.717, 1.165) is 24.1 Å². The van der Waals surface area contributed by atoms with Crippen molar-refractivity contribution < 1.29 is 18.8 Å². The summed E-state index contributed by atoms with van der Waals surface area (Å²) in [6.07, 6.45) is 1.54. The van der Waals surface area contributed by atoms with Crippen molar-refractivity contribution in [1.29, 1.82) is 0 Å². The van der Waals surface area contributed by atoms with E-state index in [1.807, 2.05) is 36.9 Å². The maximum Gasteiger partial charge on any atom is 0.321 e. The predicted molar refractivity (Wildman–Crippen MR) is 118 cm³/mol. The summed E-state index contributed by atoms with van der Waals surface area (Å²) in [7, 11) is 0. The van der Waals surface area contributed by atoms with Crippen molar-refractivity contribution in [2.24, 2.45) is 0 Å². The van der Waals surface area contributed by atoms with E-state index in [2.05, 4.69) is 16.0 Å². The van der Waals surface area contributed by atoms with Crippen LogP contribution in [0.5, 0.6) is 0 Å². The molecule has 8 heteroatoms. The molecule has 3 N–H and O–H groups in total. The van der Waals surface area contributed by atoms with Crippen molar-refractivity contribution in [2.45, 2.75) is 45.7 Å². The molecule has 1 heterocycles. The van der Waals surface area contributed by atoms with Crippen LogP contribution in [0.4, 0.5) is 20.6 Å². The number of rotatable bonds is 5. The summed E-state index contributed by atoms with van der Waals surface area (Å²) in [5, 5.41) is 7.92. The van der Waals surface area contributed by atoms with Gasteiger partial charge in [0.25, 0.3) is 5.91 Å². The summed E-state index contributed by atoms with van der Waals surface area (Å²) in [4.78, 5) is 39.0. The zero-order chi connectivity index (χ0) is 22.5. The highest BCUT2D eigenvalue weighted by atomic mass is 19.1. The standard InChI is InChI=1S/C23H27FN4O3/c1-14(2)25-23(31)27-21(29)15(3)28-13-5-6-18-19(7-4-8-20(18)28)26-22(30)16-9-11-17(24)12-10-16/h4,7-12,14-15H,5-6,13H2,1-3H3,(H,26,30)(H2,25,27,29,31). The lowest BCUT2D eigenvalue weighted by molar-refractivity contribution is -0.121. The smallest absolute Gasteiger partial charge is 0.321 e. The van der Waals surface area contributed by atoms with Gasteiger partial charge in [0, 0.05) is 29.5 Å². The molecule has 7 nitrogen and oxygen atoms in total. The monoisotopic (exact) mass is 426 g/mol. The lowest BCUT2D eigenvalue weighted by Gasteiger charge is -2.36. The molecule has 0 saturated carbocycles. The third-order valence-corrected chi connectivity index (χ3v) is 5.14. The third kappa shape index (κ3) is 5.39. The van der Waals surface area contributed by atoms with E-state index >= 15 is 0 Å². The molecule has 0 aromatic heterocycles. The molecule has 164 valence electrons. The molecule has 0 saturated heterocycles. The van der Waals surface area contributed by atoms with Gasteiger partial charge in [0.2, 0.25) is 5.91 Å². The van der Waals surface area contributed by atoms with Crippen LogP contribution < -0.4 is 20.9 Å². The van der Waals surface area contributed by atoms with Crippen molar-refractivity contribution in [3.05, 3.63) is 59.4 Å². The van der Waals surface area contributed by atoms with Gasteiger partial charge in [-0.3, -0.25) is 14.9 Å². The van der Waals surface area contributed by atoms with Crippen molar-refractivity contribution in [1.82, 2.24) is 10.6 Å². The minimum atomic E-state index is -0.569. The van der Waals surface area contributed by atoms with Gasteiger partial charge in [-0.15, -0.1) is 0 Å². The Kier molecular flexibility index (Phi) is 6.89. The molecule has 1 aliphatic heterocycles. The van der Waals surface area contributed by atoms with Gasteiger partial charge in [0.1, 0.15) is 11.9 Å². The van der Waals surface area contributed by atoms with Gasteiger partial charge in [-0.05, 0) is 75.6 Å². The Hall–Kier alpha value is -3.42. The maximum absolute atomic E-state index is 13.1. The van der Waals surface area contributed by atoms with Crippen LogP contribution in [-0.4, -0.2) is 36.5 Å². The van der Waals surface area contributed by atoms with Gasteiger partial charge < -0.3 is 15.5 Å². The van der Waals surface area contributed by atoms with Crippen LogP contribution in [0.3, 0.4) is 0 Å². The van der Waals surface area contributed by atoms with Gasteiger partial charge in [0.05, 0.1) is 0 Å². The van der Waals surface area contributed by atoms with Gasteiger partial charge in [-0.25, -0.2) is 9.18 Å². The molecule has 1 unspecified atom stereocenters. The maximum atomic E-state index is 13.1. The third-order valence-electron chi connectivity index (χ3n) is 5.14. The second-order valence-electron chi connectivity index (χ2n) is 7.85. The molecular formula is C23H27FN4O3. The van der Waals surface area contributed by atoms with Crippen molar-refractivity contribution in [3.8, 4) is 0 Å². The number of fused-ring (bicyclic) bond motifs is 1. The zero-order valence-corrected chi connectivity index (χ0v) is 17.9. The van der Waals surface area contributed by atoms with E-state index in [1.165, 1.54) is 24.3 Å². The minimum Gasteiger partial charge on any atom is -0.359 e. The molecule has 3 rings (SSSR count). The van der Waals surface area contributed by atoms with Crippen molar-refractivity contribution >= 4 is 29.2 Å². The van der Waals surface area contributed by atoms with Gasteiger partial charge in [0.15, 0.2) is 0 Å². The van der Waals surface area contributed by atoms with E-state index in [4.69, 9.17) is 0 Å². The summed E-state index contributed by atoms with van der Waals surface area (Å²) >= 11 is 0. The highest BCUT2D eigenvalue weighted by molar-refractivity contribution is 6.05. The van der Waals surface area contributed by atoms with E-state index in [-0.39, 0.29) is 11.9 Å². The molecule has 2 aromatic rings. The predicted octanol–water partition coefficient (Wildman–Crippen LogP) is 3.45. The Morgan fingerprint density at radius 2 is 1.74 bits per heavy atom. The molecular weight excluding hydrogens is 399 g/mol. The number of amides is 4. The molecule has 1 atom stereocenters. The zero-order valence-electron chi connectivity index (χ0n) is 17.9. The Labute approximate surface area is 181 Å². The van der Waals surface area contributed by atoms with E-state index in [9.17, 15) is 18.8 Å². The topological polar surface area (TPSA) is 90.5 Å². The van der Waals surface area contributed by atoms with Crippen LogP contribution in [-0.2, 0) is 11.2 Å². The molecule has 1 aliphatic rings. The Balaban J connectivity index is 1.77. The van der Waals surface area contributed by atoms with Crippen LogP contribution in [0, 0.1) is 5.82 Å². The number of halogens is 1. The molecule has 0 bridgehead atoms. The fourth-order valence-corrected chi connectivity index (χ4v) is 3.62. The van der Waals surface area contributed by atoms with Gasteiger partial charge in [-0.1, -0.05) is 6.07 Å². The highest BCUT2D eigenvalue weighted by Gasteiger charge is 2.28. The first-order valence-electron chi connectivity index (χ1n) is 10.3. The first-order valence-corrected chi connectivity index (χ1v) is 10.3. The summed E-state index contributed by atoms with van der Waals surface area (Å²) in [5.41, 5.74) is 2.78. The first kappa shape index (κ1) is 22.3. The number of hydrogen-bond acceptors (Lipinski definition) is 4. The molecule has 31 heavy (non-hydrogen) atoms. The summed E-state index contributed by atoms with van der Waals surface area (Å²) in [6, 6.07) is 9.70. The quantitative estimate of drug-likeness (QED) is 0.683. The van der Waals surface area contributed by atoms with E-state index in [1.54, 1.807) is 6.92 Å². The Bertz CT molecular complexity index is 975. The number of hydrogen-bond donors (Lipinski definition) is 3. The molecule has 4 amide bonds. The average Bonchev–Trinajstić information content (AvgIpc) is 2.72. The van der Waals surface area contributed by atoms with Gasteiger partial charge >= 0.3 is 6.03 Å². The summed E-state index contributed by atoms with van der Waals surface area (Å²) in [6.45, 7) is 6.03. The SMILES string of the molecule is CC(C)NC(=O)NC(=O)C(C)N1CCCc2c(NC(=O)c3ccc(F)cc3)cccc21. The average molecular weight is 426 g/mol. The number of nitrogens with one attached hydrogen (secondary N) is 3. The van der Waals surface area contributed by atoms with Crippen LogP contribution in [0.2, 0.25) is 0 Å². The second kappa shape index (κ2) is 9.59. The van der Waals surface area contributed by atoms with Crippen LogP contribution in [0.25, 0.3) is 0 Å². The molecule has 0 radical (unpaired) electrons. The summed E-state index contributed by atoms with van der Waals surface area (Å²) in [5.74, 6) is -1.13. The van der Waals surface area contributed by atoms with E-state index < -0.39 is 23.8 Å². The number of anilines is 2. The largest absolute Gasteiger partial charge is 0.359 e. The molecule has 2 aromatic carbocycles. The minimum absolute atomic E-state index is 0.0777. The van der Waals surface area contributed by atoms with Gasteiger partial charge in [-0.2, -0.15) is 0 Å². The molecule has 0 fully saturated rings. The number of imide groups is 1. The van der Waals surface area contributed by atoms with Crippen molar-refractivity contribution in [3.63, 3.8) is 0 Å². The lowest BCUT2D eigenvalue weighted by Crippen LogP contribution is -2.51. The number of nitrogens with zero attached hydrogens (tertiary/aromatic N) is 1. The Morgan fingerprint density at radius 3 is 2.42 bits per heavy atom. The second-order valence-corrected chi connectivity index (χ2v) is 7.85. The fraction of sp³-hybridized carbons (Fsp3) is 0.348. The normalized spacial score (nSPS) is 13.9. The van der Waals surface area contributed by atoms with Crippen molar-refractivity contribution in [2.75, 3.05) is 16.8 Å². The highest BCUT2D eigenvalue weighted by Crippen LogP contribution is 2.34. The number of carbonyl (C=O) groups excluding carboxylic acids is 3. The number of benzene rings is 2. The lowest BCUT2D eigenvalue weighted by atomic mass is 9.98. The van der Waals surface area contributed by atoms with Crippen LogP contribution >= 0.6 is 0 Å². The summed E-state index contributed by atoms with van der Waals surface area (Å²) < 4.78 is 13.1. The van der Waals surface area contributed by atoms with Crippen LogP contribution in [0.15, 0.2) is 42.5 Å². The van der Waals surface area contributed by atoms with E-state index in [0.29, 0.717) is 17.8 Å². The number of urea groups is 1. The molecule has 0 spiro atoms.